The van der Waals surface area contributed by atoms with Crippen molar-refractivity contribution >= 4 is 6.16 Å². The van der Waals surface area contributed by atoms with E-state index in [4.69, 9.17) is 9.47 Å². The monoisotopic (exact) mass is 288 g/mol. The third-order valence-electron chi connectivity index (χ3n) is 3.75. The molecule has 1 saturated carbocycles. The maximum Gasteiger partial charge on any atom is 0.508 e. The highest BCUT2D eigenvalue weighted by Gasteiger charge is 2.16. The zero-order valence-corrected chi connectivity index (χ0v) is 12.7. The number of carbonyl (C=O) groups is 1. The molecule has 0 spiro atoms. The van der Waals surface area contributed by atoms with E-state index in [1.807, 2.05) is 0 Å². The molecular weight excluding hydrogens is 259 g/mol. The summed E-state index contributed by atoms with van der Waals surface area (Å²) in [5.74, 6) is 0. The Kier molecular flexibility index (Phi) is 9.42. The summed E-state index contributed by atoms with van der Waals surface area (Å²) >= 11 is 0. The van der Waals surface area contributed by atoms with Gasteiger partial charge in [-0.1, -0.05) is 44.9 Å². The van der Waals surface area contributed by atoms with Crippen molar-refractivity contribution in [1.29, 1.82) is 0 Å². The summed E-state index contributed by atoms with van der Waals surface area (Å²) in [6.07, 6.45) is 11.0. The molecule has 0 heterocycles. The van der Waals surface area contributed by atoms with E-state index in [0.717, 1.165) is 25.7 Å². The van der Waals surface area contributed by atoms with E-state index in [1.54, 1.807) is 0 Å². The molecular formula is C16H29FO3. The maximum absolute atomic E-state index is 12.6. The summed E-state index contributed by atoms with van der Waals surface area (Å²) < 4.78 is 22.7. The van der Waals surface area contributed by atoms with Gasteiger partial charge in [-0.05, 0) is 32.6 Å². The van der Waals surface area contributed by atoms with Gasteiger partial charge >= 0.3 is 6.16 Å². The predicted molar refractivity (Wildman–Crippen MR) is 77.6 cm³/mol. The van der Waals surface area contributed by atoms with Crippen LogP contribution in [0, 0.1) is 0 Å². The fraction of sp³-hybridized carbons (Fsp3) is 0.938. The van der Waals surface area contributed by atoms with Gasteiger partial charge in [-0.3, -0.25) is 0 Å². The van der Waals surface area contributed by atoms with Crippen molar-refractivity contribution in [1.82, 2.24) is 0 Å². The lowest BCUT2D eigenvalue weighted by Gasteiger charge is -2.18. The van der Waals surface area contributed by atoms with Gasteiger partial charge in [-0.2, -0.15) is 0 Å². The molecule has 1 aliphatic rings. The highest BCUT2D eigenvalue weighted by molar-refractivity contribution is 5.60. The van der Waals surface area contributed by atoms with E-state index in [2.05, 4.69) is 0 Å². The molecule has 0 radical (unpaired) electrons. The molecule has 4 heteroatoms. The van der Waals surface area contributed by atoms with Gasteiger partial charge in [-0.25, -0.2) is 9.18 Å². The molecule has 3 nitrogen and oxygen atoms in total. The smallest absolute Gasteiger partial charge is 0.431 e. The Labute approximate surface area is 122 Å². The number of alkyl halides is 1. The van der Waals surface area contributed by atoms with Crippen molar-refractivity contribution < 1.29 is 18.7 Å². The quantitative estimate of drug-likeness (QED) is 0.672. The van der Waals surface area contributed by atoms with Crippen LogP contribution in [0.25, 0.3) is 0 Å². The first-order valence-corrected chi connectivity index (χ1v) is 8.16. The lowest BCUT2D eigenvalue weighted by Crippen LogP contribution is -2.21. The minimum absolute atomic E-state index is 0.0585. The second-order valence-electron chi connectivity index (χ2n) is 5.84. The van der Waals surface area contributed by atoms with Gasteiger partial charge in [0.2, 0.25) is 0 Å². The Morgan fingerprint density at radius 3 is 1.90 bits per heavy atom. The highest BCUT2D eigenvalue weighted by Crippen LogP contribution is 2.19. The first-order valence-electron chi connectivity index (χ1n) is 8.16. The first kappa shape index (κ1) is 17.3. The number of hydrogen-bond donors (Lipinski definition) is 0. The van der Waals surface area contributed by atoms with E-state index < -0.39 is 12.3 Å². The molecule has 0 aromatic heterocycles. The van der Waals surface area contributed by atoms with Gasteiger partial charge in [0.25, 0.3) is 0 Å². The van der Waals surface area contributed by atoms with Crippen molar-refractivity contribution in [3.05, 3.63) is 0 Å². The topological polar surface area (TPSA) is 35.5 Å². The molecule has 1 atom stereocenters. The summed E-state index contributed by atoms with van der Waals surface area (Å²) in [5, 5.41) is 0. The van der Waals surface area contributed by atoms with Crippen LogP contribution < -0.4 is 0 Å². The third-order valence-corrected chi connectivity index (χ3v) is 3.75. The largest absolute Gasteiger partial charge is 0.508 e. The maximum atomic E-state index is 12.6. The Balaban J connectivity index is 2.28. The fourth-order valence-electron chi connectivity index (χ4n) is 2.60. The SMILES string of the molecule is C[C@@H](F)COC(=O)OC1CCCCCCCCCCC1. The molecule has 0 unspecified atom stereocenters. The molecule has 0 bridgehead atoms. The lowest BCUT2D eigenvalue weighted by atomic mass is 9.99. The normalized spacial score (nSPS) is 21.3. The van der Waals surface area contributed by atoms with Crippen molar-refractivity contribution in [3.8, 4) is 0 Å². The highest BCUT2D eigenvalue weighted by atomic mass is 19.1. The minimum atomic E-state index is -1.14. The van der Waals surface area contributed by atoms with Crippen LogP contribution in [0.15, 0.2) is 0 Å². The average molecular weight is 288 g/mol. The summed E-state index contributed by atoms with van der Waals surface area (Å²) in [4.78, 5) is 11.5. The van der Waals surface area contributed by atoms with Crippen LogP contribution in [0.5, 0.6) is 0 Å². The van der Waals surface area contributed by atoms with E-state index in [9.17, 15) is 9.18 Å². The van der Waals surface area contributed by atoms with Gasteiger partial charge in [0.15, 0.2) is 0 Å². The Bertz CT molecular complexity index is 244. The van der Waals surface area contributed by atoms with Gasteiger partial charge < -0.3 is 9.47 Å². The number of hydrogen-bond acceptors (Lipinski definition) is 3. The third kappa shape index (κ3) is 9.16. The van der Waals surface area contributed by atoms with Crippen LogP contribution in [-0.2, 0) is 9.47 Å². The minimum Gasteiger partial charge on any atom is -0.431 e. The number of ether oxygens (including phenoxy) is 2. The molecule has 0 N–H and O–H groups in total. The van der Waals surface area contributed by atoms with Gasteiger partial charge in [0.05, 0.1) is 0 Å². The van der Waals surface area contributed by atoms with E-state index in [0.29, 0.717) is 0 Å². The van der Waals surface area contributed by atoms with Gasteiger partial charge in [-0.15, -0.1) is 0 Å². The van der Waals surface area contributed by atoms with Gasteiger partial charge in [0, 0.05) is 0 Å². The molecule has 118 valence electrons. The number of rotatable bonds is 3. The van der Waals surface area contributed by atoms with Crippen LogP contribution >= 0.6 is 0 Å². The Hall–Kier alpha value is -0.800. The molecule has 1 fully saturated rings. The number of carbonyl (C=O) groups excluding carboxylic acids is 1. The fourth-order valence-corrected chi connectivity index (χ4v) is 2.60. The molecule has 0 saturated heterocycles. The molecule has 0 aromatic rings. The van der Waals surface area contributed by atoms with Crippen LogP contribution in [0.3, 0.4) is 0 Å². The summed E-state index contributed by atoms with van der Waals surface area (Å²) in [5.41, 5.74) is 0. The molecule has 0 amide bonds. The van der Waals surface area contributed by atoms with Crippen molar-refractivity contribution in [3.63, 3.8) is 0 Å². The zero-order valence-electron chi connectivity index (χ0n) is 12.7. The van der Waals surface area contributed by atoms with Crippen molar-refractivity contribution in [2.75, 3.05) is 6.61 Å². The van der Waals surface area contributed by atoms with Crippen molar-refractivity contribution in [2.24, 2.45) is 0 Å². The molecule has 20 heavy (non-hydrogen) atoms. The molecule has 1 rings (SSSR count). The second kappa shape index (κ2) is 10.9. The standard InChI is InChI=1S/C16H29FO3/c1-14(17)13-19-16(18)20-15-11-9-7-5-3-2-4-6-8-10-12-15/h14-15H,2-13H2,1H3/t14-/m1/s1. The summed E-state index contributed by atoms with van der Waals surface area (Å²) in [6, 6.07) is 0. The van der Waals surface area contributed by atoms with E-state index in [1.165, 1.54) is 51.9 Å². The van der Waals surface area contributed by atoms with E-state index >= 15 is 0 Å². The zero-order chi connectivity index (χ0) is 14.6. The van der Waals surface area contributed by atoms with Crippen molar-refractivity contribution in [2.45, 2.75) is 89.8 Å². The summed E-state index contributed by atoms with van der Waals surface area (Å²) in [7, 11) is 0. The predicted octanol–water partition coefficient (Wildman–Crippen LogP) is 5.17. The Morgan fingerprint density at radius 2 is 1.45 bits per heavy atom. The van der Waals surface area contributed by atoms with Gasteiger partial charge in [0.1, 0.15) is 18.9 Å². The van der Waals surface area contributed by atoms with E-state index in [-0.39, 0.29) is 12.7 Å². The number of halogens is 1. The summed E-state index contributed by atoms with van der Waals surface area (Å²) in [6.45, 7) is 1.15. The second-order valence-corrected chi connectivity index (χ2v) is 5.84. The van der Waals surface area contributed by atoms with Crippen LogP contribution in [0.2, 0.25) is 0 Å². The molecule has 1 aliphatic carbocycles. The average Bonchev–Trinajstić information content (AvgIpc) is 2.39. The molecule has 0 aromatic carbocycles. The van der Waals surface area contributed by atoms with Crippen LogP contribution in [0.4, 0.5) is 9.18 Å². The first-order chi connectivity index (χ1) is 9.68. The van der Waals surface area contributed by atoms with Crippen LogP contribution in [0.1, 0.15) is 77.6 Å². The molecule has 0 aliphatic heterocycles. The lowest BCUT2D eigenvalue weighted by molar-refractivity contribution is 0.00670. The Morgan fingerprint density at radius 1 is 1.00 bits per heavy atom. The van der Waals surface area contributed by atoms with Crippen LogP contribution in [-0.4, -0.2) is 25.0 Å².